The van der Waals surface area contributed by atoms with Crippen LogP contribution < -0.4 is 5.73 Å². The molecule has 68 valence electrons. The second kappa shape index (κ2) is 4.10. The Labute approximate surface area is 71.4 Å². The fourth-order valence-electron chi connectivity index (χ4n) is 1.79. The molecular weight excluding hydrogens is 134 g/mol. The first kappa shape index (κ1) is 11.0. The van der Waals surface area contributed by atoms with Crippen LogP contribution in [0, 0.1) is 11.8 Å². The predicted molar refractivity (Wildman–Crippen MR) is 51.5 cm³/mol. The zero-order chi connectivity index (χ0) is 9.07. The molecule has 0 amide bonds. The van der Waals surface area contributed by atoms with Crippen molar-refractivity contribution in [2.75, 3.05) is 0 Å². The Morgan fingerprint density at radius 2 is 1.64 bits per heavy atom. The van der Waals surface area contributed by atoms with E-state index in [-0.39, 0.29) is 5.54 Å². The van der Waals surface area contributed by atoms with Crippen molar-refractivity contribution in [2.45, 2.75) is 53.0 Å². The van der Waals surface area contributed by atoms with Crippen molar-refractivity contribution in [3.8, 4) is 0 Å². The van der Waals surface area contributed by atoms with Crippen molar-refractivity contribution >= 4 is 0 Å². The normalized spacial score (nSPS) is 15.5. The molecule has 0 aromatic rings. The zero-order valence-electron chi connectivity index (χ0n) is 8.65. The van der Waals surface area contributed by atoms with Gasteiger partial charge in [0.25, 0.3) is 0 Å². The lowest BCUT2D eigenvalue weighted by Gasteiger charge is -2.24. The number of nitrogens with two attached hydrogens (primary N) is 1. The van der Waals surface area contributed by atoms with Crippen molar-refractivity contribution in [1.29, 1.82) is 0 Å². The molecule has 0 rings (SSSR count). The van der Waals surface area contributed by atoms with Gasteiger partial charge in [-0.15, -0.1) is 0 Å². The van der Waals surface area contributed by atoms with Gasteiger partial charge in [-0.2, -0.15) is 0 Å². The van der Waals surface area contributed by atoms with Gasteiger partial charge in [0.05, 0.1) is 0 Å². The smallest absolute Gasteiger partial charge is 0.00995 e. The van der Waals surface area contributed by atoms with E-state index in [1.54, 1.807) is 0 Å². The molecule has 2 N–H and O–H groups in total. The van der Waals surface area contributed by atoms with E-state index in [1.807, 2.05) is 0 Å². The van der Waals surface area contributed by atoms with Crippen LogP contribution in [-0.2, 0) is 0 Å². The summed E-state index contributed by atoms with van der Waals surface area (Å²) >= 11 is 0. The Morgan fingerprint density at radius 3 is 1.91 bits per heavy atom. The fraction of sp³-hybridized carbons (Fsp3) is 1.00. The molecule has 0 bridgehead atoms. The summed E-state index contributed by atoms with van der Waals surface area (Å²) in [5, 5.41) is 0. The first-order valence-electron chi connectivity index (χ1n) is 4.60. The summed E-state index contributed by atoms with van der Waals surface area (Å²) in [6.07, 6.45) is 2.42. The van der Waals surface area contributed by atoms with Gasteiger partial charge in [0.1, 0.15) is 0 Å². The molecule has 0 aromatic heterocycles. The summed E-state index contributed by atoms with van der Waals surface area (Å²) in [5.74, 6) is 1.56. The van der Waals surface area contributed by atoms with E-state index in [0.29, 0.717) is 0 Å². The fourth-order valence-corrected chi connectivity index (χ4v) is 1.79. The largest absolute Gasteiger partial charge is 0.326 e. The zero-order valence-corrected chi connectivity index (χ0v) is 8.65. The molecule has 1 heteroatoms. The van der Waals surface area contributed by atoms with Crippen LogP contribution in [0.3, 0.4) is 0 Å². The summed E-state index contributed by atoms with van der Waals surface area (Å²) < 4.78 is 0. The van der Waals surface area contributed by atoms with Gasteiger partial charge >= 0.3 is 0 Å². The highest BCUT2D eigenvalue weighted by molar-refractivity contribution is 4.74. The average molecular weight is 157 g/mol. The van der Waals surface area contributed by atoms with Gasteiger partial charge in [0.2, 0.25) is 0 Å². The van der Waals surface area contributed by atoms with Crippen LogP contribution in [0.5, 0.6) is 0 Å². The van der Waals surface area contributed by atoms with Gasteiger partial charge in [-0.25, -0.2) is 0 Å². The molecule has 1 nitrogen and oxygen atoms in total. The SMILES string of the molecule is CC(C)CC(C)CC(C)(C)N. The Hall–Kier alpha value is -0.0400. The quantitative estimate of drug-likeness (QED) is 0.667. The molecule has 1 unspecified atom stereocenters. The maximum atomic E-state index is 5.91. The maximum absolute atomic E-state index is 5.91. The maximum Gasteiger partial charge on any atom is 0.00995 e. The topological polar surface area (TPSA) is 26.0 Å². The van der Waals surface area contributed by atoms with Crippen LogP contribution in [0.15, 0.2) is 0 Å². The summed E-state index contributed by atoms with van der Waals surface area (Å²) in [6, 6.07) is 0. The van der Waals surface area contributed by atoms with Crippen molar-refractivity contribution in [3.63, 3.8) is 0 Å². The highest BCUT2D eigenvalue weighted by Gasteiger charge is 2.15. The van der Waals surface area contributed by atoms with E-state index in [2.05, 4.69) is 34.6 Å². The Morgan fingerprint density at radius 1 is 1.18 bits per heavy atom. The van der Waals surface area contributed by atoms with Gasteiger partial charge in [0, 0.05) is 5.54 Å². The van der Waals surface area contributed by atoms with E-state index in [9.17, 15) is 0 Å². The van der Waals surface area contributed by atoms with Gasteiger partial charge in [-0.3, -0.25) is 0 Å². The van der Waals surface area contributed by atoms with Crippen molar-refractivity contribution in [1.82, 2.24) is 0 Å². The van der Waals surface area contributed by atoms with Crippen molar-refractivity contribution in [3.05, 3.63) is 0 Å². The monoisotopic (exact) mass is 157 g/mol. The second-order valence-corrected chi connectivity index (χ2v) is 4.93. The summed E-state index contributed by atoms with van der Waals surface area (Å²) in [4.78, 5) is 0. The standard InChI is InChI=1S/C10H23N/c1-8(2)6-9(3)7-10(4,5)11/h8-9H,6-7,11H2,1-5H3. The molecule has 0 saturated heterocycles. The second-order valence-electron chi connectivity index (χ2n) is 4.93. The molecule has 0 fully saturated rings. The Kier molecular flexibility index (Phi) is 4.09. The summed E-state index contributed by atoms with van der Waals surface area (Å²) in [6.45, 7) is 11.0. The molecular formula is C10H23N. The van der Waals surface area contributed by atoms with Gasteiger partial charge in [-0.1, -0.05) is 20.8 Å². The number of hydrogen-bond acceptors (Lipinski definition) is 1. The van der Waals surface area contributed by atoms with E-state index in [0.717, 1.165) is 18.3 Å². The molecule has 0 aliphatic heterocycles. The number of rotatable bonds is 4. The van der Waals surface area contributed by atoms with E-state index < -0.39 is 0 Å². The van der Waals surface area contributed by atoms with E-state index >= 15 is 0 Å². The molecule has 0 aromatic carbocycles. The molecule has 11 heavy (non-hydrogen) atoms. The Balaban J connectivity index is 3.61. The van der Waals surface area contributed by atoms with Crippen LogP contribution >= 0.6 is 0 Å². The van der Waals surface area contributed by atoms with Crippen molar-refractivity contribution in [2.24, 2.45) is 17.6 Å². The lowest BCUT2D eigenvalue weighted by Crippen LogP contribution is -2.34. The molecule has 0 saturated carbocycles. The minimum atomic E-state index is 0.00824. The minimum Gasteiger partial charge on any atom is -0.326 e. The minimum absolute atomic E-state index is 0.00824. The van der Waals surface area contributed by atoms with Crippen LogP contribution in [0.25, 0.3) is 0 Å². The first-order valence-corrected chi connectivity index (χ1v) is 4.60. The van der Waals surface area contributed by atoms with Crippen molar-refractivity contribution < 1.29 is 0 Å². The third-order valence-corrected chi connectivity index (χ3v) is 1.75. The van der Waals surface area contributed by atoms with Crippen LogP contribution in [0.1, 0.15) is 47.5 Å². The summed E-state index contributed by atoms with van der Waals surface area (Å²) in [5.41, 5.74) is 5.92. The molecule has 0 spiro atoms. The van der Waals surface area contributed by atoms with Crippen LogP contribution in [0.2, 0.25) is 0 Å². The van der Waals surface area contributed by atoms with Gasteiger partial charge in [-0.05, 0) is 38.5 Å². The molecule has 0 aliphatic rings. The first-order chi connectivity index (χ1) is 4.81. The highest BCUT2D eigenvalue weighted by Crippen LogP contribution is 2.19. The average Bonchev–Trinajstić information content (AvgIpc) is 1.53. The third kappa shape index (κ3) is 7.86. The van der Waals surface area contributed by atoms with Gasteiger partial charge < -0.3 is 5.73 Å². The lowest BCUT2D eigenvalue weighted by molar-refractivity contribution is 0.333. The van der Waals surface area contributed by atoms with E-state index in [1.165, 1.54) is 6.42 Å². The summed E-state index contributed by atoms with van der Waals surface area (Å²) in [7, 11) is 0. The lowest BCUT2D eigenvalue weighted by atomic mass is 9.87. The Bertz CT molecular complexity index is 99.9. The van der Waals surface area contributed by atoms with Crippen LogP contribution in [0.4, 0.5) is 0 Å². The third-order valence-electron chi connectivity index (χ3n) is 1.75. The predicted octanol–water partition coefficient (Wildman–Crippen LogP) is 2.80. The highest BCUT2D eigenvalue weighted by atomic mass is 14.7. The van der Waals surface area contributed by atoms with E-state index in [4.69, 9.17) is 5.73 Å². The molecule has 0 aliphatic carbocycles. The molecule has 1 atom stereocenters. The number of hydrogen-bond donors (Lipinski definition) is 1. The van der Waals surface area contributed by atoms with Crippen LogP contribution in [-0.4, -0.2) is 5.54 Å². The molecule has 0 radical (unpaired) electrons. The molecule has 0 heterocycles. The van der Waals surface area contributed by atoms with Gasteiger partial charge in [0.15, 0.2) is 0 Å².